The highest BCUT2D eigenvalue weighted by Crippen LogP contribution is 2.36. The number of hydrogen-bond donors (Lipinski definition) is 0. The summed E-state index contributed by atoms with van der Waals surface area (Å²) in [5.74, 6) is 2.01. The van der Waals surface area contributed by atoms with Gasteiger partial charge in [-0.05, 0) is 59.3 Å². The first-order valence-electron chi connectivity index (χ1n) is 9.06. The molecule has 1 atom stereocenters. The summed E-state index contributed by atoms with van der Waals surface area (Å²) >= 11 is 3.55. The average Bonchev–Trinajstić information content (AvgIpc) is 3.41. The lowest BCUT2D eigenvalue weighted by atomic mass is 10.1. The Hall–Kier alpha value is -1.98. The van der Waals surface area contributed by atoms with E-state index in [0.29, 0.717) is 24.4 Å². The Balaban J connectivity index is 1.53. The Labute approximate surface area is 162 Å². The second-order valence-corrected chi connectivity index (χ2v) is 7.80. The maximum absolute atomic E-state index is 5.98. The van der Waals surface area contributed by atoms with Crippen LogP contribution in [0.15, 0.2) is 63.5 Å². The summed E-state index contributed by atoms with van der Waals surface area (Å²) in [6.45, 7) is 3.88. The fourth-order valence-corrected chi connectivity index (χ4v) is 3.73. The molecule has 0 saturated heterocycles. The molecule has 1 heterocycles. The van der Waals surface area contributed by atoms with Crippen molar-refractivity contribution in [2.75, 3.05) is 0 Å². The summed E-state index contributed by atoms with van der Waals surface area (Å²) in [6, 6.07) is 19.0. The highest BCUT2D eigenvalue weighted by atomic mass is 79.9. The van der Waals surface area contributed by atoms with Gasteiger partial charge in [0.05, 0.1) is 12.1 Å². The molecule has 1 aliphatic carbocycles. The van der Waals surface area contributed by atoms with Crippen LogP contribution >= 0.6 is 15.9 Å². The monoisotopic (exact) mass is 411 g/mol. The van der Waals surface area contributed by atoms with Crippen LogP contribution in [0.2, 0.25) is 0 Å². The van der Waals surface area contributed by atoms with Crippen LogP contribution in [0.4, 0.5) is 0 Å². The first-order valence-corrected chi connectivity index (χ1v) is 9.85. The smallest absolute Gasteiger partial charge is 0.248 e. The standard InChI is InChI=1S/C21H22BrN3O/c1-15(17-11-12-17)25(13-16-7-3-2-4-8-16)14-20-23-24-21(26-20)18-9-5-6-10-19(18)22/h2-10,15,17H,11-14H2,1H3. The molecular formula is C21H22BrN3O. The zero-order chi connectivity index (χ0) is 17.9. The molecule has 0 spiro atoms. The summed E-state index contributed by atoms with van der Waals surface area (Å²) in [5.41, 5.74) is 2.24. The number of hydrogen-bond acceptors (Lipinski definition) is 4. The van der Waals surface area contributed by atoms with Gasteiger partial charge in [-0.3, -0.25) is 4.90 Å². The van der Waals surface area contributed by atoms with Gasteiger partial charge < -0.3 is 4.42 Å². The molecule has 2 aromatic carbocycles. The Bertz CT molecular complexity index is 860. The third-order valence-corrected chi connectivity index (χ3v) is 5.71. The lowest BCUT2D eigenvalue weighted by molar-refractivity contribution is 0.156. The van der Waals surface area contributed by atoms with Crippen molar-refractivity contribution in [2.24, 2.45) is 5.92 Å². The number of aromatic nitrogens is 2. The molecule has 1 fully saturated rings. The van der Waals surface area contributed by atoms with Crippen molar-refractivity contribution in [3.8, 4) is 11.5 Å². The van der Waals surface area contributed by atoms with E-state index in [-0.39, 0.29) is 0 Å². The molecule has 26 heavy (non-hydrogen) atoms. The Morgan fingerprint density at radius 2 is 1.77 bits per heavy atom. The average molecular weight is 412 g/mol. The molecule has 1 aromatic heterocycles. The topological polar surface area (TPSA) is 42.2 Å². The van der Waals surface area contributed by atoms with Gasteiger partial charge in [-0.15, -0.1) is 10.2 Å². The van der Waals surface area contributed by atoms with Crippen molar-refractivity contribution in [3.63, 3.8) is 0 Å². The van der Waals surface area contributed by atoms with E-state index in [1.807, 2.05) is 24.3 Å². The minimum Gasteiger partial charge on any atom is -0.419 e. The van der Waals surface area contributed by atoms with Crippen molar-refractivity contribution in [1.29, 1.82) is 0 Å². The molecule has 1 unspecified atom stereocenters. The predicted molar refractivity (Wildman–Crippen MR) is 105 cm³/mol. The van der Waals surface area contributed by atoms with Crippen LogP contribution in [0, 0.1) is 5.92 Å². The summed E-state index contributed by atoms with van der Waals surface area (Å²) in [7, 11) is 0. The van der Waals surface area contributed by atoms with Gasteiger partial charge in [-0.25, -0.2) is 0 Å². The molecule has 4 nitrogen and oxygen atoms in total. The van der Waals surface area contributed by atoms with Gasteiger partial charge >= 0.3 is 0 Å². The van der Waals surface area contributed by atoms with Gasteiger partial charge in [0, 0.05) is 17.1 Å². The molecule has 4 rings (SSSR count). The van der Waals surface area contributed by atoms with Crippen LogP contribution in [0.3, 0.4) is 0 Å². The summed E-state index contributed by atoms with van der Waals surface area (Å²) < 4.78 is 6.94. The van der Waals surface area contributed by atoms with Gasteiger partial charge in [0.15, 0.2) is 0 Å². The van der Waals surface area contributed by atoms with E-state index < -0.39 is 0 Å². The fraction of sp³-hybridized carbons (Fsp3) is 0.333. The van der Waals surface area contributed by atoms with E-state index in [1.165, 1.54) is 18.4 Å². The largest absolute Gasteiger partial charge is 0.419 e. The first-order chi connectivity index (χ1) is 12.7. The van der Waals surface area contributed by atoms with E-state index in [1.54, 1.807) is 0 Å². The van der Waals surface area contributed by atoms with Crippen LogP contribution in [0.1, 0.15) is 31.2 Å². The second kappa shape index (κ2) is 7.72. The molecule has 1 aliphatic rings. The van der Waals surface area contributed by atoms with Crippen molar-refractivity contribution >= 4 is 15.9 Å². The number of halogens is 1. The van der Waals surface area contributed by atoms with Gasteiger partial charge in [0.1, 0.15) is 0 Å². The van der Waals surface area contributed by atoms with E-state index in [9.17, 15) is 0 Å². The number of nitrogens with zero attached hydrogens (tertiary/aromatic N) is 3. The molecule has 0 N–H and O–H groups in total. The van der Waals surface area contributed by atoms with Crippen molar-refractivity contribution in [1.82, 2.24) is 15.1 Å². The third-order valence-electron chi connectivity index (χ3n) is 5.02. The highest BCUT2D eigenvalue weighted by Gasteiger charge is 2.32. The lowest BCUT2D eigenvalue weighted by Gasteiger charge is -2.28. The zero-order valence-electron chi connectivity index (χ0n) is 14.8. The van der Waals surface area contributed by atoms with E-state index in [0.717, 1.165) is 22.5 Å². The SMILES string of the molecule is CC(C1CC1)N(Cc1ccccc1)Cc1nnc(-c2ccccc2Br)o1. The minimum absolute atomic E-state index is 0.508. The summed E-state index contributed by atoms with van der Waals surface area (Å²) in [6.07, 6.45) is 2.64. The molecular weight excluding hydrogens is 390 g/mol. The molecule has 0 amide bonds. The third kappa shape index (κ3) is 4.05. The van der Waals surface area contributed by atoms with Gasteiger partial charge in [0.25, 0.3) is 0 Å². The highest BCUT2D eigenvalue weighted by molar-refractivity contribution is 9.10. The molecule has 0 radical (unpaired) electrons. The number of benzene rings is 2. The van der Waals surface area contributed by atoms with Crippen LogP contribution < -0.4 is 0 Å². The van der Waals surface area contributed by atoms with Crippen LogP contribution in [-0.2, 0) is 13.1 Å². The predicted octanol–water partition coefficient (Wildman–Crippen LogP) is 5.30. The lowest BCUT2D eigenvalue weighted by Crippen LogP contribution is -2.33. The maximum Gasteiger partial charge on any atom is 0.248 e. The molecule has 0 bridgehead atoms. The van der Waals surface area contributed by atoms with Crippen molar-refractivity contribution in [2.45, 2.75) is 38.9 Å². The quantitative estimate of drug-likeness (QED) is 0.528. The summed E-state index contributed by atoms with van der Waals surface area (Å²) in [4.78, 5) is 2.45. The van der Waals surface area contributed by atoms with Gasteiger partial charge in [0.2, 0.25) is 11.8 Å². The molecule has 134 valence electrons. The summed E-state index contributed by atoms with van der Waals surface area (Å²) in [5, 5.41) is 8.55. The van der Waals surface area contributed by atoms with Crippen LogP contribution in [0.5, 0.6) is 0 Å². The zero-order valence-corrected chi connectivity index (χ0v) is 16.4. The van der Waals surface area contributed by atoms with Crippen molar-refractivity contribution in [3.05, 3.63) is 70.5 Å². The second-order valence-electron chi connectivity index (χ2n) is 6.95. The molecule has 1 saturated carbocycles. The van der Waals surface area contributed by atoms with Gasteiger partial charge in [-0.1, -0.05) is 42.5 Å². The number of rotatable bonds is 7. The maximum atomic E-state index is 5.98. The van der Waals surface area contributed by atoms with E-state index in [2.05, 4.69) is 68.3 Å². The Morgan fingerprint density at radius 1 is 1.04 bits per heavy atom. The minimum atomic E-state index is 0.508. The normalized spacial score (nSPS) is 15.3. The van der Waals surface area contributed by atoms with E-state index in [4.69, 9.17) is 4.42 Å². The van der Waals surface area contributed by atoms with E-state index >= 15 is 0 Å². The van der Waals surface area contributed by atoms with Gasteiger partial charge in [-0.2, -0.15) is 0 Å². The molecule has 0 aliphatic heterocycles. The van der Waals surface area contributed by atoms with Crippen molar-refractivity contribution < 1.29 is 4.42 Å². The fourth-order valence-electron chi connectivity index (χ4n) is 3.27. The van der Waals surface area contributed by atoms with Crippen LogP contribution in [0.25, 0.3) is 11.5 Å². The van der Waals surface area contributed by atoms with Crippen LogP contribution in [-0.4, -0.2) is 21.1 Å². The molecule has 3 aromatic rings. The molecule has 5 heteroatoms. The first kappa shape index (κ1) is 17.4. The Morgan fingerprint density at radius 3 is 2.50 bits per heavy atom. The Kier molecular flexibility index (Phi) is 5.18.